The maximum absolute atomic E-state index is 11.0. The molecule has 0 unspecified atom stereocenters. The number of amidine groups is 1. The Bertz CT molecular complexity index is 203. The molecule has 1 amide bonds. The van der Waals surface area contributed by atoms with E-state index in [1.165, 1.54) is 11.8 Å². The third kappa shape index (κ3) is 0.819. The predicted octanol–water partition coefficient (Wildman–Crippen LogP) is -0.564. The number of fused-ring (bicyclic) bond motifs is 1. The summed E-state index contributed by atoms with van der Waals surface area (Å²) in [5, 5.41) is 3.87. The molecule has 0 saturated carbocycles. The molecule has 0 aromatic carbocycles. The normalized spacial score (nSPS) is 24.6. The van der Waals surface area contributed by atoms with Crippen LogP contribution in [0.2, 0.25) is 0 Å². The monoisotopic (exact) mass is 157 g/mol. The molecule has 0 aromatic rings. The molecular formula is C5H7N3OS. The Morgan fingerprint density at radius 2 is 2.60 bits per heavy atom. The Hall–Kier alpha value is -0.550. The van der Waals surface area contributed by atoms with Crippen molar-refractivity contribution in [1.29, 1.82) is 0 Å². The molecule has 54 valence electrons. The van der Waals surface area contributed by atoms with Gasteiger partial charge in [-0.05, 0) is 0 Å². The van der Waals surface area contributed by atoms with E-state index in [4.69, 9.17) is 0 Å². The Morgan fingerprint density at radius 3 is 3.40 bits per heavy atom. The Labute approximate surface area is 62.7 Å². The maximum atomic E-state index is 11.0. The van der Waals surface area contributed by atoms with E-state index in [-0.39, 0.29) is 5.91 Å². The van der Waals surface area contributed by atoms with Gasteiger partial charge in [0.2, 0.25) is 5.91 Å². The highest BCUT2D eigenvalue weighted by atomic mass is 32.2. The van der Waals surface area contributed by atoms with Crippen LogP contribution < -0.4 is 5.32 Å². The van der Waals surface area contributed by atoms with Crippen LogP contribution in [0.3, 0.4) is 0 Å². The van der Waals surface area contributed by atoms with E-state index in [1.54, 1.807) is 4.90 Å². The van der Waals surface area contributed by atoms with Crippen LogP contribution in [0.5, 0.6) is 0 Å². The number of nitrogens with one attached hydrogen (secondary N) is 1. The standard InChI is InChI=1S/C5H7N3OS/c9-4-1-10-5-7-2-6-3-8(4)5/h6H,1-3H2. The summed E-state index contributed by atoms with van der Waals surface area (Å²) in [4.78, 5) is 16.8. The highest BCUT2D eigenvalue weighted by Gasteiger charge is 2.28. The first-order valence-electron chi connectivity index (χ1n) is 3.06. The lowest BCUT2D eigenvalue weighted by molar-refractivity contribution is -0.124. The van der Waals surface area contributed by atoms with Crippen molar-refractivity contribution in [3.63, 3.8) is 0 Å². The third-order valence-electron chi connectivity index (χ3n) is 1.45. The topological polar surface area (TPSA) is 44.7 Å². The summed E-state index contributed by atoms with van der Waals surface area (Å²) in [5.74, 6) is 0.719. The Morgan fingerprint density at radius 1 is 1.70 bits per heavy atom. The predicted molar refractivity (Wildman–Crippen MR) is 39.6 cm³/mol. The number of carbonyl (C=O) groups excluding carboxylic acids is 1. The molecule has 5 heteroatoms. The van der Waals surface area contributed by atoms with Gasteiger partial charge in [0.05, 0.1) is 19.1 Å². The van der Waals surface area contributed by atoms with Crippen molar-refractivity contribution in [2.45, 2.75) is 0 Å². The zero-order valence-corrected chi connectivity index (χ0v) is 6.15. The minimum Gasteiger partial charge on any atom is -0.280 e. The largest absolute Gasteiger partial charge is 0.280 e. The van der Waals surface area contributed by atoms with E-state index < -0.39 is 0 Å². The number of hydrogen-bond acceptors (Lipinski definition) is 4. The molecule has 0 atom stereocenters. The zero-order valence-electron chi connectivity index (χ0n) is 5.33. The second kappa shape index (κ2) is 2.25. The van der Waals surface area contributed by atoms with E-state index in [1.807, 2.05) is 0 Å². The van der Waals surface area contributed by atoms with E-state index in [2.05, 4.69) is 10.3 Å². The summed E-state index contributed by atoms with van der Waals surface area (Å²) in [6, 6.07) is 0. The summed E-state index contributed by atoms with van der Waals surface area (Å²) in [5.41, 5.74) is 0. The van der Waals surface area contributed by atoms with Gasteiger partial charge in [-0.15, -0.1) is 0 Å². The lowest BCUT2D eigenvalue weighted by Crippen LogP contribution is -2.42. The minimum absolute atomic E-state index is 0.163. The molecule has 0 radical (unpaired) electrons. The number of nitrogens with zero attached hydrogens (tertiary/aromatic N) is 2. The zero-order chi connectivity index (χ0) is 6.97. The molecule has 0 aromatic heterocycles. The molecule has 1 fully saturated rings. The van der Waals surface area contributed by atoms with Crippen LogP contribution in [-0.4, -0.2) is 35.1 Å². The van der Waals surface area contributed by atoms with Gasteiger partial charge in [0.25, 0.3) is 0 Å². The average molecular weight is 157 g/mol. The van der Waals surface area contributed by atoms with Crippen LogP contribution in [0.25, 0.3) is 0 Å². The van der Waals surface area contributed by atoms with Crippen molar-refractivity contribution in [2.75, 3.05) is 19.1 Å². The van der Waals surface area contributed by atoms with Crippen molar-refractivity contribution in [3.05, 3.63) is 0 Å². The molecule has 2 rings (SSSR count). The minimum atomic E-state index is 0.163. The lowest BCUT2D eigenvalue weighted by atomic mass is 10.6. The first kappa shape index (κ1) is 6.18. The van der Waals surface area contributed by atoms with Crippen molar-refractivity contribution >= 4 is 22.8 Å². The van der Waals surface area contributed by atoms with Gasteiger partial charge in [-0.2, -0.15) is 0 Å². The smallest absolute Gasteiger partial charge is 0.240 e. The van der Waals surface area contributed by atoms with Gasteiger partial charge in [-0.25, -0.2) is 4.99 Å². The van der Waals surface area contributed by atoms with Gasteiger partial charge in [0.1, 0.15) is 0 Å². The molecule has 1 N–H and O–H groups in total. The second-order valence-electron chi connectivity index (χ2n) is 2.12. The van der Waals surface area contributed by atoms with Crippen LogP contribution >= 0.6 is 11.8 Å². The fourth-order valence-electron chi connectivity index (χ4n) is 0.961. The van der Waals surface area contributed by atoms with Gasteiger partial charge < -0.3 is 0 Å². The fraction of sp³-hybridized carbons (Fsp3) is 0.600. The quantitative estimate of drug-likeness (QED) is 0.512. The van der Waals surface area contributed by atoms with Crippen LogP contribution in [0.4, 0.5) is 0 Å². The van der Waals surface area contributed by atoms with Crippen LogP contribution in [0.1, 0.15) is 0 Å². The third-order valence-corrected chi connectivity index (χ3v) is 2.45. The van der Waals surface area contributed by atoms with E-state index in [0.717, 1.165) is 5.17 Å². The Kier molecular flexibility index (Phi) is 1.39. The summed E-state index contributed by atoms with van der Waals surface area (Å²) < 4.78 is 0. The van der Waals surface area contributed by atoms with Crippen molar-refractivity contribution in [2.24, 2.45) is 4.99 Å². The molecule has 4 nitrogen and oxygen atoms in total. The summed E-state index contributed by atoms with van der Waals surface area (Å²) >= 11 is 1.52. The molecule has 2 aliphatic heterocycles. The number of amides is 1. The van der Waals surface area contributed by atoms with Crippen LogP contribution in [-0.2, 0) is 4.79 Å². The lowest BCUT2D eigenvalue weighted by Gasteiger charge is -2.19. The van der Waals surface area contributed by atoms with Crippen LogP contribution in [0.15, 0.2) is 4.99 Å². The first-order valence-corrected chi connectivity index (χ1v) is 4.05. The van der Waals surface area contributed by atoms with Gasteiger partial charge in [-0.1, -0.05) is 11.8 Å². The van der Waals surface area contributed by atoms with Crippen molar-refractivity contribution in [1.82, 2.24) is 10.2 Å². The molecule has 2 heterocycles. The van der Waals surface area contributed by atoms with Gasteiger partial charge in [0.15, 0.2) is 5.17 Å². The number of thioether (sulfide) groups is 1. The molecule has 10 heavy (non-hydrogen) atoms. The molecule has 0 aliphatic carbocycles. The summed E-state index contributed by atoms with van der Waals surface area (Å²) in [6.07, 6.45) is 0. The highest BCUT2D eigenvalue weighted by Crippen LogP contribution is 2.19. The average Bonchev–Trinajstić information content (AvgIpc) is 2.34. The SMILES string of the molecule is O=C1CSC2=NCNCN12. The molecular weight excluding hydrogens is 150 g/mol. The number of rotatable bonds is 0. The fourth-order valence-corrected chi connectivity index (χ4v) is 1.85. The highest BCUT2D eigenvalue weighted by molar-refractivity contribution is 8.15. The molecule has 0 bridgehead atoms. The maximum Gasteiger partial charge on any atom is 0.240 e. The second-order valence-corrected chi connectivity index (χ2v) is 3.06. The molecule has 2 aliphatic rings. The van der Waals surface area contributed by atoms with Gasteiger partial charge in [-0.3, -0.25) is 15.0 Å². The van der Waals surface area contributed by atoms with Gasteiger partial charge >= 0.3 is 0 Å². The van der Waals surface area contributed by atoms with Crippen molar-refractivity contribution in [3.8, 4) is 0 Å². The van der Waals surface area contributed by atoms with Crippen LogP contribution in [0, 0.1) is 0 Å². The van der Waals surface area contributed by atoms with E-state index >= 15 is 0 Å². The van der Waals surface area contributed by atoms with E-state index in [0.29, 0.717) is 19.1 Å². The first-order chi connectivity index (χ1) is 4.88. The Balaban J connectivity index is 2.25. The number of aliphatic imine (C=N–C) groups is 1. The van der Waals surface area contributed by atoms with Gasteiger partial charge in [0, 0.05) is 0 Å². The number of carbonyl (C=O) groups is 1. The van der Waals surface area contributed by atoms with Crippen molar-refractivity contribution < 1.29 is 4.79 Å². The van der Waals surface area contributed by atoms with E-state index in [9.17, 15) is 4.79 Å². The molecule has 0 spiro atoms. The molecule has 1 saturated heterocycles. The summed E-state index contributed by atoms with van der Waals surface area (Å²) in [6.45, 7) is 1.27. The summed E-state index contributed by atoms with van der Waals surface area (Å²) in [7, 11) is 0. The number of hydrogen-bond donors (Lipinski definition) is 1.